The van der Waals surface area contributed by atoms with Crippen molar-refractivity contribution in [3.63, 3.8) is 0 Å². The first-order chi connectivity index (χ1) is 13.0. The molecule has 3 fully saturated rings. The highest BCUT2D eigenvalue weighted by molar-refractivity contribution is 4.96. The average molecular weight is 393 g/mol. The first-order valence-electron chi connectivity index (χ1n) is 12.0. The molecule has 28 heavy (non-hydrogen) atoms. The molecule has 0 N–H and O–H groups in total. The minimum Gasteiger partial charge on any atom is -0.297 e. The van der Waals surface area contributed by atoms with Crippen LogP contribution in [0.3, 0.4) is 0 Å². The molecule has 0 amide bonds. The van der Waals surface area contributed by atoms with Crippen molar-refractivity contribution in [1.29, 1.82) is 0 Å². The van der Waals surface area contributed by atoms with E-state index in [-0.39, 0.29) is 11.1 Å². The van der Waals surface area contributed by atoms with E-state index in [4.69, 9.17) is 0 Å². The summed E-state index contributed by atoms with van der Waals surface area (Å²) in [5.41, 5.74) is 0.532. The molecule has 8 atom stereocenters. The highest BCUT2D eigenvalue weighted by atomic mass is 15.3. The van der Waals surface area contributed by atoms with Crippen molar-refractivity contribution < 1.29 is 0 Å². The smallest absolute Gasteiger partial charge is 0.0197 e. The summed E-state index contributed by atoms with van der Waals surface area (Å²) in [5, 5.41) is 0. The molecule has 0 saturated carbocycles. The molecule has 0 aromatic carbocycles. The number of fused-ring (bicyclic) bond motifs is 6. The lowest BCUT2D eigenvalue weighted by Crippen LogP contribution is -2.56. The summed E-state index contributed by atoms with van der Waals surface area (Å²) < 4.78 is 0. The zero-order valence-corrected chi connectivity index (χ0v) is 20.2. The Kier molecular flexibility index (Phi) is 6.86. The molecule has 4 nitrogen and oxygen atoms in total. The minimum absolute atomic E-state index is 0.266. The molecule has 3 aliphatic rings. The van der Waals surface area contributed by atoms with Crippen LogP contribution in [0.1, 0.15) is 81.1 Å². The van der Waals surface area contributed by atoms with E-state index < -0.39 is 0 Å². The molecule has 0 spiro atoms. The Morgan fingerprint density at radius 3 is 1.25 bits per heavy atom. The maximum absolute atomic E-state index is 2.82. The number of hydrogen-bond donors (Lipinski definition) is 0. The quantitative estimate of drug-likeness (QED) is 0.620. The van der Waals surface area contributed by atoms with Crippen LogP contribution < -0.4 is 0 Å². The maximum Gasteiger partial charge on any atom is 0.0197 e. The van der Waals surface area contributed by atoms with Crippen LogP contribution in [0.5, 0.6) is 0 Å². The molecule has 0 aromatic heterocycles. The predicted molar refractivity (Wildman–Crippen MR) is 121 cm³/mol. The van der Waals surface area contributed by atoms with E-state index in [0.717, 1.165) is 0 Å². The molecule has 8 unspecified atom stereocenters. The third-order valence-corrected chi connectivity index (χ3v) is 8.22. The lowest BCUT2D eigenvalue weighted by atomic mass is 9.90. The molecule has 0 radical (unpaired) electrons. The van der Waals surface area contributed by atoms with Gasteiger partial charge in [0.1, 0.15) is 0 Å². The second-order valence-electron chi connectivity index (χ2n) is 11.5. The van der Waals surface area contributed by atoms with Gasteiger partial charge in [-0.1, -0.05) is 0 Å². The fraction of sp³-hybridized carbons (Fsp3) is 1.00. The summed E-state index contributed by atoms with van der Waals surface area (Å²) in [6.45, 7) is 27.3. The highest BCUT2D eigenvalue weighted by Gasteiger charge is 2.40. The van der Waals surface area contributed by atoms with E-state index in [9.17, 15) is 0 Å². The molecule has 3 aliphatic heterocycles. The van der Waals surface area contributed by atoms with Gasteiger partial charge in [-0.25, -0.2) is 0 Å². The molecule has 3 saturated heterocycles. The van der Waals surface area contributed by atoms with Gasteiger partial charge < -0.3 is 0 Å². The summed E-state index contributed by atoms with van der Waals surface area (Å²) in [6.07, 6.45) is 5.14. The first-order valence-corrected chi connectivity index (χ1v) is 12.0. The molecule has 0 aromatic rings. The molecule has 3 heterocycles. The van der Waals surface area contributed by atoms with Gasteiger partial charge in [-0.15, -0.1) is 0 Å². The predicted octanol–water partition coefficient (Wildman–Crippen LogP) is 3.91. The normalized spacial score (nSPS) is 47.1. The van der Waals surface area contributed by atoms with Crippen LogP contribution in [0, 0.1) is 0 Å². The van der Waals surface area contributed by atoms with Gasteiger partial charge in [-0.3, -0.25) is 19.6 Å². The fourth-order valence-corrected chi connectivity index (χ4v) is 6.71. The second kappa shape index (κ2) is 8.53. The van der Waals surface area contributed by atoms with Crippen LogP contribution in [0.15, 0.2) is 0 Å². The summed E-state index contributed by atoms with van der Waals surface area (Å²) in [7, 11) is 0. The zero-order valence-electron chi connectivity index (χ0n) is 20.2. The van der Waals surface area contributed by atoms with Crippen molar-refractivity contribution in [1.82, 2.24) is 19.6 Å². The van der Waals surface area contributed by atoms with Crippen molar-refractivity contribution in [2.24, 2.45) is 0 Å². The topological polar surface area (TPSA) is 13.0 Å². The van der Waals surface area contributed by atoms with Crippen molar-refractivity contribution in [2.75, 3.05) is 39.3 Å². The Bertz CT molecular complexity index is 471. The SMILES string of the molecule is CC1CN2CCCN1C(C)CC(C)(C)N1CCCN(C(C)C1)C(C)CC2(C)C. The summed E-state index contributed by atoms with van der Waals surface area (Å²) in [5.74, 6) is 0. The molecular weight excluding hydrogens is 344 g/mol. The largest absolute Gasteiger partial charge is 0.297 e. The van der Waals surface area contributed by atoms with Crippen molar-refractivity contribution in [3.05, 3.63) is 0 Å². The maximum atomic E-state index is 2.82. The van der Waals surface area contributed by atoms with Gasteiger partial charge in [-0.2, -0.15) is 0 Å². The van der Waals surface area contributed by atoms with Crippen molar-refractivity contribution in [3.8, 4) is 0 Å². The Labute approximate surface area is 175 Å². The Morgan fingerprint density at radius 2 is 0.893 bits per heavy atom. The molecule has 0 aliphatic carbocycles. The van der Waals surface area contributed by atoms with E-state index in [2.05, 4.69) is 75.0 Å². The van der Waals surface area contributed by atoms with E-state index in [1.165, 1.54) is 65.0 Å². The Balaban J connectivity index is 1.94. The van der Waals surface area contributed by atoms with Crippen LogP contribution in [-0.2, 0) is 0 Å². The summed E-state index contributed by atoms with van der Waals surface area (Å²) in [4.78, 5) is 11.3. The Morgan fingerprint density at radius 1 is 0.536 bits per heavy atom. The zero-order chi connectivity index (χ0) is 20.7. The number of rotatable bonds is 0. The van der Waals surface area contributed by atoms with Crippen molar-refractivity contribution in [2.45, 2.75) is 116 Å². The van der Waals surface area contributed by atoms with Gasteiger partial charge in [0.15, 0.2) is 0 Å². The number of hydrogen-bond acceptors (Lipinski definition) is 4. The molecule has 4 heteroatoms. The Hall–Kier alpha value is -0.160. The minimum atomic E-state index is 0.266. The van der Waals surface area contributed by atoms with Gasteiger partial charge in [0.25, 0.3) is 0 Å². The third-order valence-electron chi connectivity index (χ3n) is 8.22. The molecule has 4 bridgehead atoms. The van der Waals surface area contributed by atoms with Gasteiger partial charge in [0.2, 0.25) is 0 Å². The van der Waals surface area contributed by atoms with Crippen LogP contribution in [-0.4, -0.2) is 94.1 Å². The van der Waals surface area contributed by atoms with Crippen LogP contribution in [0.4, 0.5) is 0 Å². The fourth-order valence-electron chi connectivity index (χ4n) is 6.71. The van der Waals surface area contributed by atoms with Crippen molar-refractivity contribution >= 4 is 0 Å². The molecular formula is C24H48N4. The van der Waals surface area contributed by atoms with Gasteiger partial charge in [-0.05, 0) is 107 Å². The number of nitrogens with zero attached hydrogens (tertiary/aromatic N) is 4. The summed E-state index contributed by atoms with van der Waals surface area (Å²) >= 11 is 0. The van der Waals surface area contributed by atoms with E-state index in [1.807, 2.05) is 0 Å². The van der Waals surface area contributed by atoms with E-state index in [1.54, 1.807) is 0 Å². The van der Waals surface area contributed by atoms with Crippen LogP contribution in [0.2, 0.25) is 0 Å². The van der Waals surface area contributed by atoms with Gasteiger partial charge in [0.05, 0.1) is 0 Å². The standard InChI is InChI=1S/C24H48N4/c1-19-15-23(5,6)25-12-10-14-28(22(4)18-25)20(2)16-24(7,8)26-11-9-13-27(19)21(3)17-26/h19-22H,9-18H2,1-8H3. The van der Waals surface area contributed by atoms with Crippen LogP contribution >= 0.6 is 0 Å². The van der Waals surface area contributed by atoms with Gasteiger partial charge >= 0.3 is 0 Å². The van der Waals surface area contributed by atoms with E-state index >= 15 is 0 Å². The van der Waals surface area contributed by atoms with E-state index in [0.29, 0.717) is 24.2 Å². The highest BCUT2D eigenvalue weighted by Crippen LogP contribution is 2.32. The van der Waals surface area contributed by atoms with Crippen LogP contribution in [0.25, 0.3) is 0 Å². The molecule has 3 rings (SSSR count). The third kappa shape index (κ3) is 4.77. The second-order valence-corrected chi connectivity index (χ2v) is 11.5. The summed E-state index contributed by atoms with van der Waals surface area (Å²) in [6, 6.07) is 2.56. The lowest BCUT2D eigenvalue weighted by molar-refractivity contribution is 0.0243. The molecule has 164 valence electrons. The first kappa shape index (κ1) is 22.5. The van der Waals surface area contributed by atoms with Gasteiger partial charge in [0, 0.05) is 48.3 Å². The lowest BCUT2D eigenvalue weighted by Gasteiger charge is -2.47. The monoisotopic (exact) mass is 392 g/mol. The average Bonchev–Trinajstić information content (AvgIpc) is 2.89.